The number of carbonyl (C=O) groups is 4. The normalized spacial score (nSPS) is 20.6. The number of nitrogens with zero attached hydrogens (tertiary/aromatic N) is 1. The monoisotopic (exact) mass is 445 g/mol. The van der Waals surface area contributed by atoms with Crippen LogP contribution >= 0.6 is 0 Å². The lowest BCUT2D eigenvalue weighted by Crippen LogP contribution is -2.50. The number of anilines is 1. The van der Waals surface area contributed by atoms with Crippen molar-refractivity contribution in [2.24, 2.45) is 5.92 Å². The van der Waals surface area contributed by atoms with Gasteiger partial charge >= 0.3 is 18.0 Å². The lowest BCUT2D eigenvalue weighted by Gasteiger charge is -2.26. The lowest BCUT2D eigenvalue weighted by molar-refractivity contribution is -0.147. The molecule has 2 atom stereocenters. The van der Waals surface area contributed by atoms with Gasteiger partial charge in [0.1, 0.15) is 12.4 Å². The number of nitrogens with one attached hydrogen (secondary N) is 2. The number of carbonyl (C=O) groups excluding carboxylic acids is 4. The lowest BCUT2D eigenvalue weighted by atomic mass is 10.0. The molecule has 10 nitrogen and oxygen atoms in total. The molecule has 10 heteroatoms. The molecule has 0 saturated carbocycles. The third kappa shape index (κ3) is 4.84. The maximum Gasteiger partial charge on any atom is 0.338 e. The van der Waals surface area contributed by atoms with Gasteiger partial charge in [-0.1, -0.05) is 6.07 Å². The Morgan fingerprint density at radius 3 is 2.66 bits per heavy atom. The molecule has 1 aromatic carbocycles. The summed E-state index contributed by atoms with van der Waals surface area (Å²) in [6, 6.07) is 4.36. The van der Waals surface area contributed by atoms with Crippen molar-refractivity contribution in [1.82, 2.24) is 10.6 Å². The first-order valence-electron chi connectivity index (χ1n) is 10.3. The topological polar surface area (TPSA) is 123 Å². The minimum atomic E-state index is -0.686. The number of hydrogen-bond acceptors (Lipinski definition) is 7. The number of esters is 2. The summed E-state index contributed by atoms with van der Waals surface area (Å²) >= 11 is 0. The minimum absolute atomic E-state index is 0.00989. The Kier molecular flexibility index (Phi) is 7.01. The Labute approximate surface area is 185 Å². The standard InChI is InChI=1S/C22H27N3O7/c1-5-31-21(28)19-13(3)23-22(29)24-15(19)11-32-20(27)14-9-18(26)25(10-14)16-8-12(2)6-7-17(16)30-4/h6-8,13-14H,5,9-11H2,1-4H3,(H2,23,24,29)/t13-,14-/m0/s1. The minimum Gasteiger partial charge on any atom is -0.495 e. The van der Waals surface area contributed by atoms with Gasteiger partial charge in [0.2, 0.25) is 5.91 Å². The predicted molar refractivity (Wildman–Crippen MR) is 114 cm³/mol. The average molecular weight is 445 g/mol. The van der Waals surface area contributed by atoms with Gasteiger partial charge in [0, 0.05) is 13.0 Å². The predicted octanol–water partition coefficient (Wildman–Crippen LogP) is 1.42. The SMILES string of the molecule is CCOC(=O)C1=C(COC(=O)[C@H]2CC(=O)N(c3cc(C)ccc3OC)C2)NC(=O)N[C@H]1C. The molecule has 2 N–H and O–H groups in total. The summed E-state index contributed by atoms with van der Waals surface area (Å²) in [7, 11) is 1.52. The summed E-state index contributed by atoms with van der Waals surface area (Å²) in [6.45, 7) is 5.20. The molecular formula is C22H27N3O7. The molecule has 2 aliphatic rings. The highest BCUT2D eigenvalue weighted by molar-refractivity contribution is 6.00. The molecule has 2 aliphatic heterocycles. The molecule has 172 valence electrons. The van der Waals surface area contributed by atoms with E-state index in [2.05, 4.69) is 10.6 Å². The highest BCUT2D eigenvalue weighted by Crippen LogP contribution is 2.34. The zero-order valence-electron chi connectivity index (χ0n) is 18.5. The summed E-state index contributed by atoms with van der Waals surface area (Å²) in [4.78, 5) is 50.9. The van der Waals surface area contributed by atoms with E-state index in [1.165, 1.54) is 12.0 Å². The highest BCUT2D eigenvalue weighted by atomic mass is 16.5. The van der Waals surface area contributed by atoms with E-state index in [-0.39, 0.29) is 43.4 Å². The van der Waals surface area contributed by atoms with E-state index in [0.717, 1.165) is 5.56 Å². The molecule has 0 radical (unpaired) electrons. The first-order valence-corrected chi connectivity index (χ1v) is 10.3. The number of benzene rings is 1. The fourth-order valence-corrected chi connectivity index (χ4v) is 3.76. The zero-order chi connectivity index (χ0) is 23.4. The maximum absolute atomic E-state index is 12.7. The van der Waals surface area contributed by atoms with Crippen LogP contribution in [0.4, 0.5) is 10.5 Å². The number of methoxy groups -OCH3 is 1. The molecular weight excluding hydrogens is 418 g/mol. The second-order valence-corrected chi connectivity index (χ2v) is 7.62. The van der Waals surface area contributed by atoms with Crippen molar-refractivity contribution >= 4 is 29.6 Å². The molecule has 1 saturated heterocycles. The second-order valence-electron chi connectivity index (χ2n) is 7.62. The van der Waals surface area contributed by atoms with Crippen molar-refractivity contribution in [2.75, 3.05) is 31.8 Å². The third-order valence-corrected chi connectivity index (χ3v) is 5.31. The van der Waals surface area contributed by atoms with Gasteiger partial charge in [-0.05, 0) is 38.5 Å². The van der Waals surface area contributed by atoms with Crippen LogP contribution in [-0.4, -0.2) is 56.8 Å². The summed E-state index contributed by atoms with van der Waals surface area (Å²) < 4.78 is 15.8. The largest absolute Gasteiger partial charge is 0.495 e. The van der Waals surface area contributed by atoms with Crippen LogP contribution in [0.5, 0.6) is 5.75 Å². The third-order valence-electron chi connectivity index (χ3n) is 5.31. The van der Waals surface area contributed by atoms with Gasteiger partial charge in [0.25, 0.3) is 0 Å². The van der Waals surface area contributed by atoms with E-state index >= 15 is 0 Å². The fraction of sp³-hybridized carbons (Fsp3) is 0.455. The van der Waals surface area contributed by atoms with Crippen molar-refractivity contribution in [1.29, 1.82) is 0 Å². The van der Waals surface area contributed by atoms with E-state index in [1.54, 1.807) is 19.9 Å². The Bertz CT molecular complexity index is 972. The van der Waals surface area contributed by atoms with Gasteiger partial charge in [-0.2, -0.15) is 0 Å². The van der Waals surface area contributed by atoms with E-state index in [1.807, 2.05) is 19.1 Å². The van der Waals surface area contributed by atoms with Crippen LogP contribution in [0.2, 0.25) is 0 Å². The molecule has 32 heavy (non-hydrogen) atoms. The number of amides is 3. The number of hydrogen-bond donors (Lipinski definition) is 2. The smallest absolute Gasteiger partial charge is 0.338 e. The van der Waals surface area contributed by atoms with E-state index in [0.29, 0.717) is 11.4 Å². The van der Waals surface area contributed by atoms with Crippen LogP contribution in [0.1, 0.15) is 25.8 Å². The fourth-order valence-electron chi connectivity index (χ4n) is 3.76. The molecule has 1 fully saturated rings. The van der Waals surface area contributed by atoms with Gasteiger partial charge in [0.15, 0.2) is 0 Å². The quantitative estimate of drug-likeness (QED) is 0.609. The molecule has 3 rings (SSSR count). The second kappa shape index (κ2) is 9.71. The number of aryl methyl sites for hydroxylation is 1. The molecule has 0 aromatic heterocycles. The summed E-state index contributed by atoms with van der Waals surface area (Å²) in [5.74, 6) is -1.56. The maximum atomic E-state index is 12.7. The van der Waals surface area contributed by atoms with Crippen molar-refractivity contribution in [2.45, 2.75) is 33.2 Å². The van der Waals surface area contributed by atoms with Gasteiger partial charge in [-0.25, -0.2) is 9.59 Å². The number of rotatable bonds is 7. The van der Waals surface area contributed by atoms with Crippen LogP contribution < -0.4 is 20.3 Å². The van der Waals surface area contributed by atoms with Gasteiger partial charge in [-0.3, -0.25) is 9.59 Å². The first-order chi connectivity index (χ1) is 15.2. The van der Waals surface area contributed by atoms with Crippen LogP contribution in [0.3, 0.4) is 0 Å². The van der Waals surface area contributed by atoms with Gasteiger partial charge < -0.3 is 29.7 Å². The van der Waals surface area contributed by atoms with Crippen LogP contribution in [0.15, 0.2) is 29.5 Å². The molecule has 1 aromatic rings. The van der Waals surface area contributed by atoms with Gasteiger partial charge in [0.05, 0.1) is 42.6 Å². The van der Waals surface area contributed by atoms with E-state index in [9.17, 15) is 19.2 Å². The molecule has 0 unspecified atom stereocenters. The van der Waals surface area contributed by atoms with Crippen LogP contribution in [0.25, 0.3) is 0 Å². The van der Waals surface area contributed by atoms with Crippen molar-refractivity contribution in [3.05, 3.63) is 35.0 Å². The molecule has 0 spiro atoms. The van der Waals surface area contributed by atoms with E-state index < -0.39 is 29.9 Å². The number of ether oxygens (including phenoxy) is 3. The molecule has 2 heterocycles. The van der Waals surface area contributed by atoms with Crippen LogP contribution in [0, 0.1) is 12.8 Å². The Morgan fingerprint density at radius 1 is 1.22 bits per heavy atom. The van der Waals surface area contributed by atoms with Gasteiger partial charge in [-0.15, -0.1) is 0 Å². The molecule has 3 amide bonds. The Morgan fingerprint density at radius 2 is 1.97 bits per heavy atom. The molecule has 0 aliphatic carbocycles. The van der Waals surface area contributed by atoms with Crippen molar-refractivity contribution < 1.29 is 33.4 Å². The summed E-state index contributed by atoms with van der Waals surface area (Å²) in [5.41, 5.74) is 1.90. The number of urea groups is 1. The Hall–Kier alpha value is -3.56. The first kappa shape index (κ1) is 23.1. The van der Waals surface area contributed by atoms with Crippen molar-refractivity contribution in [3.63, 3.8) is 0 Å². The summed E-state index contributed by atoms with van der Waals surface area (Å²) in [6.07, 6.45) is -0.00989. The van der Waals surface area contributed by atoms with Crippen molar-refractivity contribution in [3.8, 4) is 5.75 Å². The summed E-state index contributed by atoms with van der Waals surface area (Å²) in [5, 5.41) is 5.08. The zero-order valence-corrected chi connectivity index (χ0v) is 18.5. The average Bonchev–Trinajstić information content (AvgIpc) is 3.13. The van der Waals surface area contributed by atoms with E-state index in [4.69, 9.17) is 14.2 Å². The molecule has 0 bridgehead atoms. The van der Waals surface area contributed by atoms with Crippen LogP contribution in [-0.2, 0) is 23.9 Å². The highest BCUT2D eigenvalue weighted by Gasteiger charge is 2.38. The Balaban J connectivity index is 1.72.